The van der Waals surface area contributed by atoms with Crippen molar-refractivity contribution in [2.45, 2.75) is 31.8 Å². The van der Waals surface area contributed by atoms with E-state index in [0.29, 0.717) is 16.6 Å². The van der Waals surface area contributed by atoms with Gasteiger partial charge in [0.25, 0.3) is 0 Å². The van der Waals surface area contributed by atoms with Crippen LogP contribution in [0.3, 0.4) is 0 Å². The van der Waals surface area contributed by atoms with Gasteiger partial charge in [-0.25, -0.2) is 0 Å². The van der Waals surface area contributed by atoms with E-state index in [9.17, 15) is 4.79 Å². The van der Waals surface area contributed by atoms with Crippen molar-refractivity contribution in [2.75, 3.05) is 20.1 Å². The number of nitrogens with zero attached hydrogens (tertiary/aromatic N) is 1. The van der Waals surface area contributed by atoms with E-state index in [1.54, 1.807) is 12.1 Å². The summed E-state index contributed by atoms with van der Waals surface area (Å²) in [5.41, 5.74) is 6.72. The van der Waals surface area contributed by atoms with Crippen LogP contribution < -0.4 is 11.1 Å². The van der Waals surface area contributed by atoms with Crippen molar-refractivity contribution in [2.24, 2.45) is 5.73 Å². The first-order chi connectivity index (χ1) is 9.56. The fraction of sp³-hybridized carbons (Fsp3) is 0.533. The zero-order valence-electron chi connectivity index (χ0n) is 11.9. The van der Waals surface area contributed by atoms with E-state index in [4.69, 9.17) is 17.3 Å². The quantitative estimate of drug-likeness (QED) is 0.874. The topological polar surface area (TPSA) is 58.4 Å². The molecule has 1 saturated heterocycles. The van der Waals surface area contributed by atoms with Crippen LogP contribution in [0, 0.1) is 0 Å². The highest BCUT2D eigenvalue weighted by atomic mass is 35.5. The smallest absolute Gasteiger partial charge is 0.248 e. The highest BCUT2D eigenvalue weighted by molar-refractivity contribution is 6.31. The molecule has 1 aliphatic heterocycles. The number of hydrogen-bond acceptors (Lipinski definition) is 3. The van der Waals surface area contributed by atoms with Crippen LogP contribution in [0.2, 0.25) is 5.02 Å². The maximum atomic E-state index is 11.1. The Balaban J connectivity index is 1.93. The first-order valence-corrected chi connectivity index (χ1v) is 7.44. The van der Waals surface area contributed by atoms with Gasteiger partial charge in [0, 0.05) is 29.7 Å². The van der Waals surface area contributed by atoms with Gasteiger partial charge in [0.05, 0.1) is 0 Å². The fourth-order valence-corrected chi connectivity index (χ4v) is 2.88. The molecule has 110 valence electrons. The van der Waals surface area contributed by atoms with Gasteiger partial charge in [-0.05, 0) is 44.1 Å². The maximum Gasteiger partial charge on any atom is 0.248 e. The largest absolute Gasteiger partial charge is 0.366 e. The van der Waals surface area contributed by atoms with Crippen LogP contribution in [-0.4, -0.2) is 37.0 Å². The molecule has 0 aromatic heterocycles. The molecule has 2 rings (SSSR count). The van der Waals surface area contributed by atoms with Crippen molar-refractivity contribution in [3.63, 3.8) is 0 Å². The summed E-state index contributed by atoms with van der Waals surface area (Å²) < 4.78 is 0. The van der Waals surface area contributed by atoms with E-state index < -0.39 is 5.91 Å². The van der Waals surface area contributed by atoms with Gasteiger partial charge in [-0.15, -0.1) is 0 Å². The number of carbonyl (C=O) groups excluding carboxylic acids is 1. The molecule has 0 aliphatic carbocycles. The minimum atomic E-state index is -0.446. The maximum absolute atomic E-state index is 11.1. The second-order valence-corrected chi connectivity index (χ2v) is 5.92. The molecule has 1 unspecified atom stereocenters. The number of nitrogens with two attached hydrogens (primary N) is 1. The summed E-state index contributed by atoms with van der Waals surface area (Å²) in [6, 6.07) is 5.83. The van der Waals surface area contributed by atoms with Gasteiger partial charge in [-0.2, -0.15) is 0 Å². The number of primary amides is 1. The van der Waals surface area contributed by atoms with Gasteiger partial charge >= 0.3 is 0 Å². The van der Waals surface area contributed by atoms with Crippen LogP contribution in [0.25, 0.3) is 0 Å². The average Bonchev–Trinajstić information content (AvgIpc) is 2.42. The molecular weight excluding hydrogens is 274 g/mol. The lowest BCUT2D eigenvalue weighted by molar-refractivity contribution is 0.100. The molecule has 0 saturated carbocycles. The summed E-state index contributed by atoms with van der Waals surface area (Å²) in [4.78, 5) is 13.4. The highest BCUT2D eigenvalue weighted by Gasteiger charge is 2.15. The standard InChI is InChI=1S/C15H22ClN3O/c1-19(10-13-4-2-3-7-18-13)9-12-6-5-11(15(17)20)8-14(12)16/h5-6,8,13,18H,2-4,7,9-10H2,1H3,(H2,17,20). The molecule has 1 heterocycles. The highest BCUT2D eigenvalue weighted by Crippen LogP contribution is 2.19. The van der Waals surface area contributed by atoms with E-state index in [0.717, 1.165) is 25.2 Å². The second-order valence-electron chi connectivity index (χ2n) is 5.51. The molecule has 1 amide bonds. The summed E-state index contributed by atoms with van der Waals surface area (Å²) >= 11 is 6.21. The Morgan fingerprint density at radius 2 is 2.30 bits per heavy atom. The molecule has 1 fully saturated rings. The summed E-state index contributed by atoms with van der Waals surface area (Å²) in [5.74, 6) is -0.446. The Morgan fingerprint density at radius 1 is 1.50 bits per heavy atom. The van der Waals surface area contributed by atoms with Crippen molar-refractivity contribution >= 4 is 17.5 Å². The van der Waals surface area contributed by atoms with Crippen molar-refractivity contribution in [1.29, 1.82) is 0 Å². The van der Waals surface area contributed by atoms with Crippen LogP contribution in [0.5, 0.6) is 0 Å². The number of piperidine rings is 1. The molecule has 1 aromatic carbocycles. The third kappa shape index (κ3) is 4.20. The molecule has 1 atom stereocenters. The van der Waals surface area contributed by atoms with Gasteiger partial charge in [-0.3, -0.25) is 4.79 Å². The van der Waals surface area contributed by atoms with Gasteiger partial charge in [0.15, 0.2) is 0 Å². The van der Waals surface area contributed by atoms with Gasteiger partial charge in [0.2, 0.25) is 5.91 Å². The predicted molar refractivity (Wildman–Crippen MR) is 81.9 cm³/mol. The second kappa shape index (κ2) is 7.07. The van der Waals surface area contributed by atoms with Crippen molar-refractivity contribution < 1.29 is 4.79 Å². The van der Waals surface area contributed by atoms with Crippen LogP contribution in [0.15, 0.2) is 18.2 Å². The molecule has 5 heteroatoms. The number of likely N-dealkylation sites (N-methyl/N-ethyl adjacent to an activating group) is 1. The molecule has 1 aliphatic rings. The Kier molecular flexibility index (Phi) is 5.40. The zero-order valence-corrected chi connectivity index (χ0v) is 12.6. The molecule has 4 nitrogen and oxygen atoms in total. The summed E-state index contributed by atoms with van der Waals surface area (Å²) in [7, 11) is 2.09. The molecule has 3 N–H and O–H groups in total. The van der Waals surface area contributed by atoms with E-state index in [1.165, 1.54) is 19.3 Å². The van der Waals surface area contributed by atoms with Gasteiger partial charge < -0.3 is 16.0 Å². The summed E-state index contributed by atoms with van der Waals surface area (Å²) in [6.45, 7) is 2.90. The molecule has 0 bridgehead atoms. The Bertz CT molecular complexity index is 472. The van der Waals surface area contributed by atoms with Gasteiger partial charge in [-0.1, -0.05) is 24.1 Å². The van der Waals surface area contributed by atoms with E-state index >= 15 is 0 Å². The van der Waals surface area contributed by atoms with Crippen molar-refractivity contribution in [1.82, 2.24) is 10.2 Å². The zero-order chi connectivity index (χ0) is 14.5. The molecule has 1 aromatic rings. The minimum absolute atomic E-state index is 0.446. The van der Waals surface area contributed by atoms with Crippen LogP contribution in [0.1, 0.15) is 35.2 Å². The summed E-state index contributed by atoms with van der Waals surface area (Å²) in [5, 5.41) is 4.14. The third-order valence-corrected chi connectivity index (χ3v) is 4.07. The number of amides is 1. The normalized spacial score (nSPS) is 19.2. The van der Waals surface area contributed by atoms with Crippen molar-refractivity contribution in [3.05, 3.63) is 34.3 Å². The van der Waals surface area contributed by atoms with E-state index in [2.05, 4.69) is 17.3 Å². The Hall–Kier alpha value is -1.10. The lowest BCUT2D eigenvalue weighted by Crippen LogP contribution is -2.42. The first kappa shape index (κ1) is 15.3. The number of halogens is 1. The number of nitrogens with one attached hydrogen (secondary N) is 1. The minimum Gasteiger partial charge on any atom is -0.366 e. The molecule has 0 radical (unpaired) electrons. The third-order valence-electron chi connectivity index (χ3n) is 3.72. The molecule has 20 heavy (non-hydrogen) atoms. The average molecular weight is 296 g/mol. The SMILES string of the molecule is CN(Cc1ccc(C(N)=O)cc1Cl)CC1CCCCN1. The molecule has 0 spiro atoms. The Labute approximate surface area is 125 Å². The fourth-order valence-electron chi connectivity index (χ4n) is 2.64. The lowest BCUT2D eigenvalue weighted by atomic mass is 10.0. The number of hydrogen-bond donors (Lipinski definition) is 2. The monoisotopic (exact) mass is 295 g/mol. The van der Waals surface area contributed by atoms with Crippen LogP contribution >= 0.6 is 11.6 Å². The number of carbonyl (C=O) groups is 1. The number of benzene rings is 1. The number of rotatable bonds is 5. The van der Waals surface area contributed by atoms with Crippen LogP contribution in [0.4, 0.5) is 0 Å². The van der Waals surface area contributed by atoms with Crippen LogP contribution in [-0.2, 0) is 6.54 Å². The van der Waals surface area contributed by atoms with E-state index in [-0.39, 0.29) is 0 Å². The first-order valence-electron chi connectivity index (χ1n) is 7.06. The predicted octanol–water partition coefficient (Wildman–Crippen LogP) is 2.01. The van der Waals surface area contributed by atoms with E-state index in [1.807, 2.05) is 6.07 Å². The van der Waals surface area contributed by atoms with Gasteiger partial charge in [0.1, 0.15) is 0 Å². The Morgan fingerprint density at radius 3 is 2.90 bits per heavy atom. The summed E-state index contributed by atoms with van der Waals surface area (Å²) in [6.07, 6.45) is 3.82. The van der Waals surface area contributed by atoms with Crippen molar-refractivity contribution in [3.8, 4) is 0 Å². The lowest BCUT2D eigenvalue weighted by Gasteiger charge is -2.28. The molecular formula is C15H22ClN3O.